The molecule has 1 aromatic carbocycles. The second kappa shape index (κ2) is 8.75. The minimum absolute atomic E-state index is 0.0742. The molecule has 1 aromatic heterocycles. The molecule has 25 heavy (non-hydrogen) atoms. The van der Waals surface area contributed by atoms with Gasteiger partial charge in [-0.15, -0.1) is 5.10 Å². The fourth-order valence-corrected chi connectivity index (χ4v) is 3.37. The highest BCUT2D eigenvalue weighted by atomic mass is 32.2. The Hall–Kier alpha value is -2.22. The van der Waals surface area contributed by atoms with Gasteiger partial charge in [-0.25, -0.2) is 9.89 Å². The molecule has 0 bridgehead atoms. The molecule has 2 aromatic rings. The van der Waals surface area contributed by atoms with Crippen LogP contribution >= 0.6 is 11.8 Å². The maximum Gasteiger partial charge on any atom is 0.343 e. The molecule has 2 N–H and O–H groups in total. The summed E-state index contributed by atoms with van der Waals surface area (Å²) >= 11 is 1.30. The third-order valence-electron chi connectivity index (χ3n) is 3.62. The molecule has 0 spiro atoms. The van der Waals surface area contributed by atoms with Crippen LogP contribution in [0.5, 0.6) is 5.75 Å². The molecule has 0 aliphatic carbocycles. The van der Waals surface area contributed by atoms with E-state index in [-0.39, 0.29) is 22.8 Å². The number of nitrogens with one attached hydrogen (secondary N) is 2. The van der Waals surface area contributed by atoms with Crippen LogP contribution < -0.4 is 15.7 Å². The number of hydrogen-bond donors (Lipinski definition) is 2. The first-order valence-corrected chi connectivity index (χ1v) is 9.11. The smallest absolute Gasteiger partial charge is 0.343 e. The summed E-state index contributed by atoms with van der Waals surface area (Å²) < 4.78 is 6.69. The van der Waals surface area contributed by atoms with Crippen molar-refractivity contribution in [2.45, 2.75) is 44.1 Å². The van der Waals surface area contributed by atoms with Crippen LogP contribution in [0.3, 0.4) is 0 Å². The molecular formula is C17H24N4O3S. The van der Waals surface area contributed by atoms with Crippen LogP contribution in [0.1, 0.15) is 27.2 Å². The van der Waals surface area contributed by atoms with Gasteiger partial charge in [0.05, 0.1) is 12.4 Å². The lowest BCUT2D eigenvalue weighted by Crippen LogP contribution is -2.30. The van der Waals surface area contributed by atoms with Crippen molar-refractivity contribution < 1.29 is 9.53 Å². The van der Waals surface area contributed by atoms with Gasteiger partial charge in [0.25, 0.3) is 0 Å². The van der Waals surface area contributed by atoms with Crippen molar-refractivity contribution in [1.29, 1.82) is 0 Å². The minimum atomic E-state index is -0.368. The van der Waals surface area contributed by atoms with Gasteiger partial charge in [-0.1, -0.05) is 32.5 Å². The van der Waals surface area contributed by atoms with Crippen LogP contribution in [0.4, 0.5) is 5.69 Å². The molecule has 2 rings (SSSR count). The number of benzene rings is 1. The summed E-state index contributed by atoms with van der Waals surface area (Å²) in [6.45, 7) is 6.51. The molecule has 0 radical (unpaired) electrons. The number of carbonyl (C=O) groups is 1. The lowest BCUT2D eigenvalue weighted by molar-refractivity contribution is -0.116. The van der Waals surface area contributed by atoms with Crippen LogP contribution in [0.15, 0.2) is 34.2 Å². The maximum absolute atomic E-state index is 12.7. The molecule has 7 nitrogen and oxygen atoms in total. The van der Waals surface area contributed by atoms with Crippen molar-refractivity contribution in [1.82, 2.24) is 14.8 Å². The van der Waals surface area contributed by atoms with Gasteiger partial charge in [0.1, 0.15) is 5.75 Å². The van der Waals surface area contributed by atoms with Gasteiger partial charge < -0.3 is 10.1 Å². The Labute approximate surface area is 151 Å². The van der Waals surface area contributed by atoms with E-state index in [0.717, 1.165) is 12.2 Å². The molecular weight excluding hydrogens is 340 g/mol. The molecule has 1 amide bonds. The zero-order chi connectivity index (χ0) is 18.4. The van der Waals surface area contributed by atoms with Gasteiger partial charge in [-0.3, -0.25) is 9.36 Å². The molecule has 1 atom stereocenters. The van der Waals surface area contributed by atoms with E-state index in [0.29, 0.717) is 17.4 Å². The lowest BCUT2D eigenvalue weighted by atomic mass is 10.1. The zero-order valence-electron chi connectivity index (χ0n) is 14.9. The molecule has 1 heterocycles. The number of carbonyl (C=O) groups excluding carboxylic acids is 1. The predicted molar refractivity (Wildman–Crippen MR) is 99.2 cm³/mol. The van der Waals surface area contributed by atoms with Gasteiger partial charge >= 0.3 is 5.69 Å². The number of H-pyrrole nitrogens is 1. The summed E-state index contributed by atoms with van der Waals surface area (Å²) in [5.74, 6) is 0.682. The highest BCUT2D eigenvalue weighted by molar-refractivity contribution is 8.00. The van der Waals surface area contributed by atoms with Crippen LogP contribution in [-0.2, 0) is 11.3 Å². The first-order valence-electron chi connectivity index (χ1n) is 8.23. The average Bonchev–Trinajstić information content (AvgIpc) is 2.93. The first-order chi connectivity index (χ1) is 12.0. The van der Waals surface area contributed by atoms with Crippen molar-refractivity contribution >= 4 is 23.4 Å². The van der Waals surface area contributed by atoms with Crippen molar-refractivity contribution in [3.63, 3.8) is 0 Å². The number of nitrogens with zero attached hydrogens (tertiary/aromatic N) is 2. The Morgan fingerprint density at radius 2 is 2.04 bits per heavy atom. The Morgan fingerprint density at radius 1 is 1.36 bits per heavy atom. The number of methoxy groups -OCH3 is 1. The number of rotatable bonds is 8. The van der Waals surface area contributed by atoms with Crippen molar-refractivity contribution in [2.24, 2.45) is 5.92 Å². The average molecular weight is 364 g/mol. The number of aromatic amines is 1. The minimum Gasteiger partial charge on any atom is -0.497 e. The third kappa shape index (κ3) is 4.88. The second-order valence-corrected chi connectivity index (χ2v) is 7.07. The first kappa shape index (κ1) is 19.1. The predicted octanol–water partition coefficient (Wildman–Crippen LogP) is 2.75. The molecule has 1 unspecified atom stereocenters. The van der Waals surface area contributed by atoms with E-state index < -0.39 is 0 Å². The quantitative estimate of drug-likeness (QED) is 0.703. The highest BCUT2D eigenvalue weighted by Crippen LogP contribution is 2.27. The monoisotopic (exact) mass is 364 g/mol. The summed E-state index contributed by atoms with van der Waals surface area (Å²) in [4.78, 5) is 24.5. The van der Waals surface area contributed by atoms with E-state index in [2.05, 4.69) is 15.5 Å². The van der Waals surface area contributed by atoms with E-state index in [9.17, 15) is 9.59 Å². The highest BCUT2D eigenvalue weighted by Gasteiger charge is 2.26. The Kier molecular flexibility index (Phi) is 6.69. The normalized spacial score (nSPS) is 12.2. The molecule has 0 aliphatic rings. The fourth-order valence-electron chi connectivity index (χ4n) is 2.31. The van der Waals surface area contributed by atoms with Gasteiger partial charge in [-0.2, -0.15) is 0 Å². The Bertz CT molecular complexity index is 752. The summed E-state index contributed by atoms with van der Waals surface area (Å²) in [7, 11) is 1.60. The van der Waals surface area contributed by atoms with Gasteiger partial charge in [-0.05, 0) is 36.6 Å². The Balaban J connectivity index is 2.14. The summed E-state index contributed by atoms with van der Waals surface area (Å²) in [5, 5.41) is 9.60. The second-order valence-electron chi connectivity index (χ2n) is 5.96. The molecule has 0 aliphatic heterocycles. The summed E-state index contributed by atoms with van der Waals surface area (Å²) in [6, 6.07) is 7.17. The maximum atomic E-state index is 12.7. The number of thioether (sulfide) groups is 1. The van der Waals surface area contributed by atoms with Crippen LogP contribution in [-0.4, -0.2) is 33.0 Å². The topological polar surface area (TPSA) is 89.0 Å². The number of ether oxygens (including phenoxy) is 1. The largest absolute Gasteiger partial charge is 0.497 e. The fraction of sp³-hybridized carbons (Fsp3) is 0.471. The number of anilines is 1. The van der Waals surface area contributed by atoms with Crippen LogP contribution in [0.2, 0.25) is 0 Å². The van der Waals surface area contributed by atoms with E-state index in [4.69, 9.17) is 4.74 Å². The zero-order valence-corrected chi connectivity index (χ0v) is 15.7. The van der Waals surface area contributed by atoms with Crippen LogP contribution in [0.25, 0.3) is 0 Å². The Morgan fingerprint density at radius 3 is 2.60 bits per heavy atom. The molecule has 0 saturated carbocycles. The number of aromatic nitrogens is 3. The van der Waals surface area contributed by atoms with Crippen molar-refractivity contribution in [3.8, 4) is 5.75 Å². The lowest BCUT2D eigenvalue weighted by Gasteiger charge is -2.19. The standard InChI is InChI=1S/C17H24N4O3S/c1-5-10-21-16(23)19-20-17(21)25-14(11(2)3)15(22)18-12-6-8-13(24-4)9-7-12/h6-9,11,14H,5,10H2,1-4H3,(H,18,22)(H,19,23). The number of amides is 1. The van der Waals surface area contributed by atoms with Gasteiger partial charge in [0.2, 0.25) is 5.91 Å². The van der Waals surface area contributed by atoms with E-state index >= 15 is 0 Å². The number of hydrogen-bond acceptors (Lipinski definition) is 5. The molecule has 136 valence electrons. The SMILES string of the molecule is CCCn1c(SC(C(=O)Nc2ccc(OC)cc2)C(C)C)n[nH]c1=O. The van der Waals surface area contributed by atoms with E-state index in [1.807, 2.05) is 20.8 Å². The third-order valence-corrected chi connectivity index (χ3v) is 5.16. The van der Waals surface area contributed by atoms with Crippen molar-refractivity contribution in [2.75, 3.05) is 12.4 Å². The van der Waals surface area contributed by atoms with Gasteiger partial charge in [0.15, 0.2) is 5.16 Å². The van der Waals surface area contributed by atoms with Crippen LogP contribution in [0, 0.1) is 5.92 Å². The summed E-state index contributed by atoms with van der Waals surface area (Å²) in [5.41, 5.74) is 0.451. The van der Waals surface area contributed by atoms with Gasteiger partial charge in [0, 0.05) is 12.2 Å². The molecule has 0 saturated heterocycles. The van der Waals surface area contributed by atoms with Crippen molar-refractivity contribution in [3.05, 3.63) is 34.7 Å². The molecule has 0 fully saturated rings. The molecule has 8 heteroatoms. The summed E-state index contributed by atoms with van der Waals surface area (Å²) in [6.07, 6.45) is 0.817. The van der Waals surface area contributed by atoms with E-state index in [1.54, 1.807) is 35.9 Å². The van der Waals surface area contributed by atoms with E-state index in [1.165, 1.54) is 11.8 Å².